The van der Waals surface area contributed by atoms with E-state index in [2.05, 4.69) is 10.4 Å². The van der Waals surface area contributed by atoms with E-state index in [-0.39, 0.29) is 11.8 Å². The highest BCUT2D eigenvalue weighted by molar-refractivity contribution is 6.31. The summed E-state index contributed by atoms with van der Waals surface area (Å²) in [7, 11) is 1.62. The van der Waals surface area contributed by atoms with Crippen molar-refractivity contribution in [2.24, 2.45) is 5.92 Å². The molecule has 0 aliphatic carbocycles. The van der Waals surface area contributed by atoms with Crippen molar-refractivity contribution in [1.29, 1.82) is 0 Å². The van der Waals surface area contributed by atoms with E-state index in [1.54, 1.807) is 7.11 Å². The van der Waals surface area contributed by atoms with E-state index in [1.165, 1.54) is 0 Å². The van der Waals surface area contributed by atoms with Crippen LogP contribution in [-0.2, 0) is 17.8 Å². The number of hydrogen-bond acceptors (Lipinski definition) is 4. The predicted molar refractivity (Wildman–Crippen MR) is 95.4 cm³/mol. The Morgan fingerprint density at radius 2 is 2.28 bits per heavy atom. The Morgan fingerprint density at radius 3 is 2.96 bits per heavy atom. The average Bonchev–Trinajstić information content (AvgIpc) is 2.87. The SMILES string of the molecule is COc1ccc2c(c1)OC[C@@H](C(=O)NCCn1nc(C)c(Cl)c1C)C2. The van der Waals surface area contributed by atoms with Gasteiger partial charge in [-0.25, -0.2) is 0 Å². The Hall–Kier alpha value is -2.21. The molecular formula is C18H22ClN3O3. The molecule has 134 valence electrons. The molecule has 7 heteroatoms. The molecule has 0 bridgehead atoms. The normalized spacial score (nSPS) is 16.1. The number of carbonyl (C=O) groups is 1. The zero-order valence-corrected chi connectivity index (χ0v) is 15.4. The lowest BCUT2D eigenvalue weighted by atomic mass is 9.96. The van der Waals surface area contributed by atoms with Gasteiger partial charge in [-0.15, -0.1) is 0 Å². The van der Waals surface area contributed by atoms with Gasteiger partial charge in [0, 0.05) is 12.6 Å². The second-order valence-electron chi connectivity index (χ2n) is 6.18. The molecule has 1 aliphatic rings. The average molecular weight is 364 g/mol. The van der Waals surface area contributed by atoms with Crippen molar-refractivity contribution in [1.82, 2.24) is 15.1 Å². The first kappa shape index (κ1) is 17.6. The highest BCUT2D eigenvalue weighted by Gasteiger charge is 2.26. The van der Waals surface area contributed by atoms with E-state index in [4.69, 9.17) is 21.1 Å². The molecule has 0 saturated heterocycles. The van der Waals surface area contributed by atoms with E-state index < -0.39 is 0 Å². The molecule has 2 heterocycles. The predicted octanol–water partition coefficient (Wildman–Crippen LogP) is 2.53. The fourth-order valence-corrected chi connectivity index (χ4v) is 3.11. The van der Waals surface area contributed by atoms with Gasteiger partial charge in [0.15, 0.2) is 0 Å². The number of aryl methyl sites for hydroxylation is 1. The zero-order chi connectivity index (χ0) is 18.0. The molecule has 1 aromatic heterocycles. The Bertz CT molecular complexity index is 788. The van der Waals surface area contributed by atoms with Crippen molar-refractivity contribution in [3.05, 3.63) is 40.2 Å². The molecule has 1 atom stereocenters. The number of rotatable bonds is 5. The van der Waals surface area contributed by atoms with Gasteiger partial charge in [0.25, 0.3) is 0 Å². The Kier molecular flexibility index (Phi) is 5.18. The lowest BCUT2D eigenvalue weighted by Crippen LogP contribution is -2.38. The number of benzene rings is 1. The Balaban J connectivity index is 1.54. The van der Waals surface area contributed by atoms with Crippen molar-refractivity contribution in [2.75, 3.05) is 20.3 Å². The van der Waals surface area contributed by atoms with Crippen molar-refractivity contribution < 1.29 is 14.3 Å². The van der Waals surface area contributed by atoms with Gasteiger partial charge in [-0.3, -0.25) is 9.48 Å². The van der Waals surface area contributed by atoms with E-state index in [0.29, 0.717) is 31.1 Å². The number of hydrogen-bond donors (Lipinski definition) is 1. The maximum Gasteiger partial charge on any atom is 0.226 e. The molecule has 6 nitrogen and oxygen atoms in total. The lowest BCUT2D eigenvalue weighted by Gasteiger charge is -2.25. The van der Waals surface area contributed by atoms with Gasteiger partial charge >= 0.3 is 0 Å². The van der Waals surface area contributed by atoms with Crippen LogP contribution in [0.15, 0.2) is 18.2 Å². The van der Waals surface area contributed by atoms with E-state index >= 15 is 0 Å². The summed E-state index contributed by atoms with van der Waals surface area (Å²) in [5.41, 5.74) is 2.74. The number of nitrogens with one attached hydrogen (secondary N) is 1. The Labute approximate surface area is 152 Å². The molecule has 1 aliphatic heterocycles. The third-order valence-electron chi connectivity index (χ3n) is 4.47. The van der Waals surface area contributed by atoms with Crippen LogP contribution in [0.3, 0.4) is 0 Å². The van der Waals surface area contributed by atoms with Crippen LogP contribution in [0.25, 0.3) is 0 Å². The summed E-state index contributed by atoms with van der Waals surface area (Å²) in [6.45, 7) is 5.26. The summed E-state index contributed by atoms with van der Waals surface area (Å²) >= 11 is 6.13. The maximum atomic E-state index is 12.4. The van der Waals surface area contributed by atoms with Gasteiger partial charge in [-0.05, 0) is 31.9 Å². The minimum atomic E-state index is -0.190. The summed E-state index contributed by atoms with van der Waals surface area (Å²) in [4.78, 5) is 12.4. The third kappa shape index (κ3) is 3.74. The quantitative estimate of drug-likeness (QED) is 0.886. The van der Waals surface area contributed by atoms with Crippen LogP contribution in [0.4, 0.5) is 0 Å². The highest BCUT2D eigenvalue weighted by Crippen LogP contribution is 2.31. The molecule has 0 saturated carbocycles. The number of aromatic nitrogens is 2. The van der Waals surface area contributed by atoms with Crippen LogP contribution in [0.1, 0.15) is 17.0 Å². The smallest absolute Gasteiger partial charge is 0.226 e. The summed E-state index contributed by atoms with van der Waals surface area (Å²) < 4.78 is 12.7. The molecule has 1 amide bonds. The number of fused-ring (bicyclic) bond motifs is 1. The minimum absolute atomic E-state index is 0.00547. The fourth-order valence-electron chi connectivity index (χ4n) is 2.97. The molecule has 0 fully saturated rings. The maximum absolute atomic E-state index is 12.4. The van der Waals surface area contributed by atoms with Crippen molar-refractivity contribution in [3.8, 4) is 11.5 Å². The van der Waals surface area contributed by atoms with E-state index in [1.807, 2.05) is 36.7 Å². The lowest BCUT2D eigenvalue weighted by molar-refractivity contribution is -0.126. The largest absolute Gasteiger partial charge is 0.497 e. The molecule has 1 N–H and O–H groups in total. The number of amides is 1. The fraction of sp³-hybridized carbons (Fsp3) is 0.444. The second kappa shape index (κ2) is 7.35. The number of methoxy groups -OCH3 is 1. The van der Waals surface area contributed by atoms with Crippen molar-refractivity contribution >= 4 is 17.5 Å². The summed E-state index contributed by atoms with van der Waals surface area (Å²) in [5.74, 6) is 1.35. The summed E-state index contributed by atoms with van der Waals surface area (Å²) in [6, 6.07) is 5.69. The van der Waals surface area contributed by atoms with Crippen LogP contribution in [-0.4, -0.2) is 35.9 Å². The summed E-state index contributed by atoms with van der Waals surface area (Å²) in [6.07, 6.45) is 0.664. The van der Waals surface area contributed by atoms with Crippen LogP contribution in [0, 0.1) is 19.8 Å². The van der Waals surface area contributed by atoms with Crippen LogP contribution in [0.5, 0.6) is 11.5 Å². The van der Waals surface area contributed by atoms with Gasteiger partial charge < -0.3 is 14.8 Å². The van der Waals surface area contributed by atoms with Gasteiger partial charge in [0.2, 0.25) is 5.91 Å². The van der Waals surface area contributed by atoms with Crippen molar-refractivity contribution in [3.63, 3.8) is 0 Å². The van der Waals surface area contributed by atoms with E-state index in [9.17, 15) is 4.79 Å². The molecular weight excluding hydrogens is 342 g/mol. The van der Waals surface area contributed by atoms with Gasteiger partial charge in [0.05, 0.1) is 36.0 Å². The van der Waals surface area contributed by atoms with Crippen molar-refractivity contribution in [2.45, 2.75) is 26.8 Å². The highest BCUT2D eigenvalue weighted by atomic mass is 35.5. The first-order valence-corrected chi connectivity index (χ1v) is 8.64. The molecule has 3 rings (SSSR count). The standard InChI is InChI=1S/C18H22ClN3O3/c1-11-17(19)12(2)22(21-11)7-6-20-18(23)14-8-13-4-5-15(24-3)9-16(13)25-10-14/h4-5,9,14H,6-8,10H2,1-3H3,(H,20,23)/t14-/m0/s1. The molecule has 2 aromatic rings. The monoisotopic (exact) mass is 363 g/mol. The number of nitrogens with zero attached hydrogens (tertiary/aromatic N) is 2. The molecule has 0 unspecified atom stereocenters. The number of ether oxygens (including phenoxy) is 2. The molecule has 0 radical (unpaired) electrons. The van der Waals surface area contributed by atoms with Crippen LogP contribution < -0.4 is 14.8 Å². The van der Waals surface area contributed by atoms with Crippen LogP contribution >= 0.6 is 11.6 Å². The summed E-state index contributed by atoms with van der Waals surface area (Å²) in [5, 5.41) is 8.00. The first-order valence-electron chi connectivity index (χ1n) is 8.26. The topological polar surface area (TPSA) is 65.4 Å². The number of halogens is 1. The number of carbonyl (C=O) groups excluding carboxylic acids is 1. The second-order valence-corrected chi connectivity index (χ2v) is 6.56. The molecule has 1 aromatic carbocycles. The van der Waals surface area contributed by atoms with Gasteiger partial charge in [0.1, 0.15) is 18.1 Å². The minimum Gasteiger partial charge on any atom is -0.497 e. The Morgan fingerprint density at radius 1 is 1.48 bits per heavy atom. The molecule has 25 heavy (non-hydrogen) atoms. The third-order valence-corrected chi connectivity index (χ3v) is 5.01. The van der Waals surface area contributed by atoms with Gasteiger partial charge in [-0.2, -0.15) is 5.10 Å². The van der Waals surface area contributed by atoms with Gasteiger partial charge in [-0.1, -0.05) is 17.7 Å². The van der Waals surface area contributed by atoms with Crippen LogP contribution in [0.2, 0.25) is 5.02 Å². The zero-order valence-electron chi connectivity index (χ0n) is 14.6. The first-order chi connectivity index (χ1) is 12.0. The molecule has 0 spiro atoms. The van der Waals surface area contributed by atoms with E-state index in [0.717, 1.165) is 28.5 Å².